The van der Waals surface area contributed by atoms with Gasteiger partial charge in [0.1, 0.15) is 9.71 Å². The fraction of sp³-hybridized carbons (Fsp3) is 0.231. The molecule has 3 rings (SSSR count). The summed E-state index contributed by atoms with van der Waals surface area (Å²) in [5, 5.41) is 22.4. The standard InChI is InChI=1S/C13H12N4O2S/c1-2-4-9-8-7-10(13(18)19)20-12(8)17(16-9)11-5-3-6-14-15-11/h3,5-7H,2,4H2,1H3,(H,18,19). The highest BCUT2D eigenvalue weighted by Gasteiger charge is 2.18. The predicted molar refractivity (Wildman–Crippen MR) is 75.5 cm³/mol. The predicted octanol–water partition coefficient (Wildman–Crippen LogP) is 2.53. The maximum atomic E-state index is 11.1. The van der Waals surface area contributed by atoms with E-state index < -0.39 is 5.97 Å². The first-order valence-electron chi connectivity index (χ1n) is 6.23. The van der Waals surface area contributed by atoms with Crippen molar-refractivity contribution in [3.8, 4) is 5.82 Å². The number of carboxylic acid groups (broad SMARTS) is 1. The number of aryl methyl sites for hydroxylation is 1. The first-order chi connectivity index (χ1) is 9.70. The molecule has 3 aromatic heterocycles. The van der Waals surface area contributed by atoms with Gasteiger partial charge in [-0.25, -0.2) is 9.48 Å². The highest BCUT2D eigenvalue weighted by atomic mass is 32.1. The van der Waals surface area contributed by atoms with E-state index in [1.54, 1.807) is 29.1 Å². The lowest BCUT2D eigenvalue weighted by Gasteiger charge is -1.98. The molecule has 7 heteroatoms. The normalized spacial score (nSPS) is 11.1. The molecule has 102 valence electrons. The van der Waals surface area contributed by atoms with E-state index in [1.807, 2.05) is 0 Å². The highest BCUT2D eigenvalue weighted by molar-refractivity contribution is 7.20. The second-order valence-corrected chi connectivity index (χ2v) is 5.36. The Kier molecular flexibility index (Phi) is 3.19. The fourth-order valence-electron chi connectivity index (χ4n) is 2.05. The van der Waals surface area contributed by atoms with E-state index >= 15 is 0 Å². The molecule has 0 radical (unpaired) electrons. The summed E-state index contributed by atoms with van der Waals surface area (Å²) in [6.45, 7) is 2.07. The molecular formula is C13H12N4O2S. The van der Waals surface area contributed by atoms with Crippen LogP contribution >= 0.6 is 11.3 Å². The van der Waals surface area contributed by atoms with E-state index in [-0.39, 0.29) is 0 Å². The first-order valence-corrected chi connectivity index (χ1v) is 7.05. The van der Waals surface area contributed by atoms with Crippen molar-refractivity contribution in [2.75, 3.05) is 0 Å². The minimum absolute atomic E-state index is 0.312. The topological polar surface area (TPSA) is 80.9 Å². The molecule has 0 aliphatic heterocycles. The number of fused-ring (bicyclic) bond motifs is 1. The van der Waals surface area contributed by atoms with Crippen molar-refractivity contribution in [3.63, 3.8) is 0 Å². The van der Waals surface area contributed by atoms with Crippen LogP contribution in [-0.2, 0) is 6.42 Å². The van der Waals surface area contributed by atoms with Crippen molar-refractivity contribution in [2.24, 2.45) is 0 Å². The number of rotatable bonds is 4. The molecular weight excluding hydrogens is 276 g/mol. The van der Waals surface area contributed by atoms with Gasteiger partial charge >= 0.3 is 5.97 Å². The van der Waals surface area contributed by atoms with Crippen LogP contribution in [0, 0.1) is 0 Å². The van der Waals surface area contributed by atoms with Crippen LogP contribution in [0.1, 0.15) is 28.7 Å². The van der Waals surface area contributed by atoms with Crippen molar-refractivity contribution in [3.05, 3.63) is 35.0 Å². The SMILES string of the molecule is CCCc1nn(-c2cccnn2)c2sc(C(=O)O)cc12. The summed E-state index contributed by atoms with van der Waals surface area (Å²) in [7, 11) is 0. The van der Waals surface area contributed by atoms with Gasteiger partial charge in [0, 0.05) is 11.6 Å². The van der Waals surface area contributed by atoms with Gasteiger partial charge in [-0.05, 0) is 24.6 Å². The van der Waals surface area contributed by atoms with Crippen LogP contribution in [0.3, 0.4) is 0 Å². The molecule has 0 saturated carbocycles. The van der Waals surface area contributed by atoms with Crippen molar-refractivity contribution in [1.82, 2.24) is 20.0 Å². The summed E-state index contributed by atoms with van der Waals surface area (Å²) < 4.78 is 1.67. The van der Waals surface area contributed by atoms with Gasteiger partial charge in [-0.2, -0.15) is 10.2 Å². The summed E-state index contributed by atoms with van der Waals surface area (Å²) in [6, 6.07) is 5.27. The van der Waals surface area contributed by atoms with Crippen LogP contribution in [-0.4, -0.2) is 31.1 Å². The smallest absolute Gasteiger partial charge is 0.345 e. The third-order valence-electron chi connectivity index (χ3n) is 2.91. The molecule has 0 atom stereocenters. The third-order valence-corrected chi connectivity index (χ3v) is 4.01. The molecule has 0 aromatic carbocycles. The summed E-state index contributed by atoms with van der Waals surface area (Å²) in [6.07, 6.45) is 3.35. The lowest BCUT2D eigenvalue weighted by Crippen LogP contribution is -2.00. The molecule has 0 fully saturated rings. The maximum Gasteiger partial charge on any atom is 0.345 e. The number of carboxylic acids is 1. The van der Waals surface area contributed by atoms with Gasteiger partial charge in [0.05, 0.1) is 5.69 Å². The Labute approximate surface area is 118 Å². The molecule has 1 N–H and O–H groups in total. The Balaban J connectivity index is 2.23. The molecule has 0 aliphatic carbocycles. The molecule has 3 aromatic rings. The largest absolute Gasteiger partial charge is 0.477 e. The average Bonchev–Trinajstić information content (AvgIpc) is 3.01. The summed E-state index contributed by atoms with van der Waals surface area (Å²) in [5.74, 6) is -0.321. The zero-order valence-corrected chi connectivity index (χ0v) is 11.6. The van der Waals surface area contributed by atoms with Crippen LogP contribution in [0.25, 0.3) is 16.0 Å². The van der Waals surface area contributed by atoms with E-state index in [2.05, 4.69) is 22.2 Å². The molecule has 0 unspecified atom stereocenters. The number of nitrogens with zero attached hydrogens (tertiary/aromatic N) is 4. The number of hydrogen-bond donors (Lipinski definition) is 1. The molecule has 20 heavy (non-hydrogen) atoms. The Morgan fingerprint density at radius 1 is 1.50 bits per heavy atom. The Morgan fingerprint density at radius 3 is 3.00 bits per heavy atom. The molecule has 0 spiro atoms. The van der Waals surface area contributed by atoms with E-state index in [9.17, 15) is 4.79 Å². The van der Waals surface area contributed by atoms with Crippen LogP contribution in [0.2, 0.25) is 0 Å². The zero-order valence-electron chi connectivity index (χ0n) is 10.8. The van der Waals surface area contributed by atoms with Crippen LogP contribution in [0.4, 0.5) is 0 Å². The summed E-state index contributed by atoms with van der Waals surface area (Å²) >= 11 is 1.21. The number of thiophene rings is 1. The minimum Gasteiger partial charge on any atom is -0.477 e. The quantitative estimate of drug-likeness (QED) is 0.797. The number of carbonyl (C=O) groups is 1. The second-order valence-electron chi connectivity index (χ2n) is 4.32. The molecule has 3 heterocycles. The Hall–Kier alpha value is -2.28. The van der Waals surface area contributed by atoms with Crippen molar-refractivity contribution < 1.29 is 9.90 Å². The van der Waals surface area contributed by atoms with Gasteiger partial charge in [0.2, 0.25) is 0 Å². The number of aromatic nitrogens is 4. The molecule has 0 aliphatic rings. The molecule has 0 saturated heterocycles. The maximum absolute atomic E-state index is 11.1. The fourth-order valence-corrected chi connectivity index (χ4v) is 3.03. The van der Waals surface area contributed by atoms with Gasteiger partial charge in [0.25, 0.3) is 0 Å². The lowest BCUT2D eigenvalue weighted by atomic mass is 10.2. The first kappa shape index (κ1) is 12.7. The Morgan fingerprint density at radius 2 is 2.35 bits per heavy atom. The van der Waals surface area contributed by atoms with E-state index in [1.165, 1.54) is 11.3 Å². The van der Waals surface area contributed by atoms with Crippen molar-refractivity contribution >= 4 is 27.5 Å². The van der Waals surface area contributed by atoms with Gasteiger partial charge in [-0.15, -0.1) is 16.4 Å². The Bertz CT molecular complexity index is 763. The average molecular weight is 288 g/mol. The van der Waals surface area contributed by atoms with Crippen molar-refractivity contribution in [1.29, 1.82) is 0 Å². The second kappa shape index (κ2) is 5.01. The molecule has 0 bridgehead atoms. The van der Waals surface area contributed by atoms with Crippen molar-refractivity contribution in [2.45, 2.75) is 19.8 Å². The van der Waals surface area contributed by atoms with E-state index in [4.69, 9.17) is 5.11 Å². The lowest BCUT2D eigenvalue weighted by molar-refractivity contribution is 0.0702. The monoisotopic (exact) mass is 288 g/mol. The van der Waals surface area contributed by atoms with Gasteiger partial charge in [-0.1, -0.05) is 13.3 Å². The summed E-state index contributed by atoms with van der Waals surface area (Å²) in [5.41, 5.74) is 0.900. The molecule has 0 amide bonds. The molecule has 6 nitrogen and oxygen atoms in total. The van der Waals surface area contributed by atoms with Gasteiger partial charge < -0.3 is 5.11 Å². The van der Waals surface area contributed by atoms with Crippen LogP contribution < -0.4 is 0 Å². The number of aromatic carboxylic acids is 1. The van der Waals surface area contributed by atoms with Gasteiger partial charge in [-0.3, -0.25) is 0 Å². The minimum atomic E-state index is -0.917. The highest BCUT2D eigenvalue weighted by Crippen LogP contribution is 2.30. The van der Waals surface area contributed by atoms with E-state index in [0.29, 0.717) is 10.7 Å². The van der Waals surface area contributed by atoms with Crippen LogP contribution in [0.15, 0.2) is 24.4 Å². The van der Waals surface area contributed by atoms with E-state index in [0.717, 1.165) is 28.8 Å². The van der Waals surface area contributed by atoms with Crippen LogP contribution in [0.5, 0.6) is 0 Å². The summed E-state index contributed by atoms with van der Waals surface area (Å²) in [4.78, 5) is 12.2. The third kappa shape index (κ3) is 2.05. The zero-order chi connectivity index (χ0) is 14.1. The number of hydrogen-bond acceptors (Lipinski definition) is 5. The van der Waals surface area contributed by atoms with Gasteiger partial charge in [0.15, 0.2) is 5.82 Å².